The summed E-state index contributed by atoms with van der Waals surface area (Å²) in [6.07, 6.45) is 0.340. The van der Waals surface area contributed by atoms with E-state index in [-0.39, 0.29) is 17.9 Å². The molecule has 1 aliphatic rings. The van der Waals surface area contributed by atoms with Crippen LogP contribution in [0.15, 0.2) is 48.5 Å². The van der Waals surface area contributed by atoms with Crippen molar-refractivity contribution >= 4 is 11.7 Å². The van der Waals surface area contributed by atoms with E-state index >= 15 is 0 Å². The Morgan fingerprint density at radius 2 is 1.87 bits per heavy atom. The Morgan fingerprint density at radius 3 is 2.61 bits per heavy atom. The predicted octanol–water partition coefficient (Wildman–Crippen LogP) is 2.65. The monoisotopic (exact) mass is 318 g/mol. The molecular formula is C16H16F2N4O. The van der Waals surface area contributed by atoms with Crippen LogP contribution in [0.4, 0.5) is 19.3 Å². The molecule has 1 aliphatic heterocycles. The van der Waals surface area contributed by atoms with Gasteiger partial charge in [-0.15, -0.1) is 0 Å². The molecule has 1 heterocycles. The Morgan fingerprint density at radius 1 is 1.09 bits per heavy atom. The maximum atomic E-state index is 13.5. The number of hydrogen-bond donors (Lipinski definition) is 4. The predicted molar refractivity (Wildman–Crippen MR) is 82.4 cm³/mol. The van der Waals surface area contributed by atoms with Crippen molar-refractivity contribution in [2.24, 2.45) is 0 Å². The number of amides is 2. The first-order chi connectivity index (χ1) is 11.1. The fourth-order valence-corrected chi connectivity index (χ4v) is 2.46. The third kappa shape index (κ3) is 3.82. The minimum absolute atomic E-state index is 0.0732. The average Bonchev–Trinajstić information content (AvgIpc) is 2.99. The topological polar surface area (TPSA) is 65.2 Å². The van der Waals surface area contributed by atoms with Crippen LogP contribution in [0.2, 0.25) is 0 Å². The number of anilines is 1. The third-order valence-electron chi connectivity index (χ3n) is 3.59. The van der Waals surface area contributed by atoms with Gasteiger partial charge in [0.1, 0.15) is 11.6 Å². The number of carbonyl (C=O) groups excluding carboxylic acids is 1. The van der Waals surface area contributed by atoms with E-state index in [9.17, 15) is 13.6 Å². The molecule has 3 rings (SSSR count). The van der Waals surface area contributed by atoms with Crippen LogP contribution < -0.4 is 21.5 Å². The van der Waals surface area contributed by atoms with E-state index in [4.69, 9.17) is 0 Å². The maximum Gasteiger partial charge on any atom is 0.320 e. The molecule has 0 spiro atoms. The van der Waals surface area contributed by atoms with Crippen LogP contribution >= 0.6 is 0 Å². The van der Waals surface area contributed by atoms with Crippen molar-refractivity contribution in [1.82, 2.24) is 16.2 Å². The van der Waals surface area contributed by atoms with Gasteiger partial charge in [-0.05, 0) is 17.7 Å². The number of hydrazine groups is 1. The van der Waals surface area contributed by atoms with Crippen molar-refractivity contribution in [3.63, 3.8) is 0 Å². The van der Waals surface area contributed by atoms with E-state index in [1.165, 1.54) is 6.07 Å². The van der Waals surface area contributed by atoms with E-state index in [0.717, 1.165) is 17.7 Å². The minimum atomic E-state index is -0.820. The van der Waals surface area contributed by atoms with Crippen LogP contribution in [0.25, 0.3) is 0 Å². The van der Waals surface area contributed by atoms with Crippen molar-refractivity contribution in [2.75, 3.05) is 5.32 Å². The van der Waals surface area contributed by atoms with Crippen molar-refractivity contribution in [1.29, 1.82) is 0 Å². The van der Waals surface area contributed by atoms with Crippen LogP contribution in [0.5, 0.6) is 0 Å². The Bertz CT molecular complexity index is 696. The van der Waals surface area contributed by atoms with E-state index in [1.807, 2.05) is 30.3 Å². The van der Waals surface area contributed by atoms with Gasteiger partial charge >= 0.3 is 6.03 Å². The largest absolute Gasteiger partial charge is 0.321 e. The number of urea groups is 1. The summed E-state index contributed by atoms with van der Waals surface area (Å²) in [6, 6.07) is 12.3. The molecule has 5 nitrogen and oxygen atoms in total. The zero-order valence-electron chi connectivity index (χ0n) is 12.1. The summed E-state index contributed by atoms with van der Waals surface area (Å²) in [4.78, 5) is 11.9. The highest BCUT2D eigenvalue weighted by Crippen LogP contribution is 2.21. The van der Waals surface area contributed by atoms with Gasteiger partial charge in [-0.2, -0.15) is 0 Å². The molecule has 0 saturated carbocycles. The van der Waals surface area contributed by atoms with Gasteiger partial charge in [-0.25, -0.2) is 24.4 Å². The summed E-state index contributed by atoms with van der Waals surface area (Å²) in [7, 11) is 0. The van der Waals surface area contributed by atoms with Crippen molar-refractivity contribution in [2.45, 2.75) is 18.6 Å². The second-order valence-corrected chi connectivity index (χ2v) is 5.26. The van der Waals surface area contributed by atoms with Gasteiger partial charge in [-0.3, -0.25) is 0 Å². The Balaban J connectivity index is 1.55. The number of benzene rings is 2. The molecule has 4 N–H and O–H groups in total. The molecule has 1 saturated heterocycles. The lowest BCUT2D eigenvalue weighted by molar-refractivity contribution is 0.246. The first kappa shape index (κ1) is 15.4. The molecule has 0 aromatic heterocycles. The first-order valence-corrected chi connectivity index (χ1v) is 7.20. The van der Waals surface area contributed by atoms with Crippen LogP contribution in [0, 0.1) is 11.6 Å². The summed E-state index contributed by atoms with van der Waals surface area (Å²) in [5.74, 6) is -1.51. The maximum absolute atomic E-state index is 13.5. The van der Waals surface area contributed by atoms with Crippen LogP contribution in [0.3, 0.4) is 0 Å². The molecule has 1 fully saturated rings. The highest BCUT2D eigenvalue weighted by molar-refractivity contribution is 5.89. The number of halogens is 2. The fourth-order valence-electron chi connectivity index (χ4n) is 2.46. The van der Waals surface area contributed by atoms with Crippen molar-refractivity contribution < 1.29 is 13.6 Å². The molecule has 7 heteroatoms. The normalized spacial score (nSPS) is 20.3. The van der Waals surface area contributed by atoms with Gasteiger partial charge in [0.25, 0.3) is 0 Å². The molecule has 2 unspecified atom stereocenters. The SMILES string of the molecule is O=C(Nc1ccc(F)cc1F)NC1CC(c2ccccc2)NN1. The average molecular weight is 318 g/mol. The van der Waals surface area contributed by atoms with E-state index in [0.29, 0.717) is 6.42 Å². The van der Waals surface area contributed by atoms with Crippen molar-refractivity contribution in [3.05, 3.63) is 65.7 Å². The number of hydrogen-bond acceptors (Lipinski definition) is 3. The molecule has 2 amide bonds. The number of carbonyl (C=O) groups is 1. The molecular weight excluding hydrogens is 302 g/mol. The first-order valence-electron chi connectivity index (χ1n) is 7.20. The second kappa shape index (κ2) is 6.72. The van der Waals surface area contributed by atoms with Gasteiger partial charge in [-0.1, -0.05) is 30.3 Å². The van der Waals surface area contributed by atoms with Crippen LogP contribution in [0.1, 0.15) is 18.0 Å². The lowest BCUT2D eigenvalue weighted by Crippen LogP contribution is -2.45. The Hall–Kier alpha value is -2.51. The van der Waals surface area contributed by atoms with Gasteiger partial charge in [0.05, 0.1) is 11.9 Å². The molecule has 0 radical (unpaired) electrons. The van der Waals surface area contributed by atoms with E-state index in [2.05, 4.69) is 21.5 Å². The minimum Gasteiger partial charge on any atom is -0.321 e. The number of nitrogens with one attached hydrogen (secondary N) is 4. The smallest absolute Gasteiger partial charge is 0.320 e. The van der Waals surface area contributed by atoms with E-state index < -0.39 is 17.7 Å². The Labute approximate surface area is 132 Å². The fraction of sp³-hybridized carbons (Fsp3) is 0.188. The molecule has 23 heavy (non-hydrogen) atoms. The lowest BCUT2D eigenvalue weighted by atomic mass is 10.0. The standard InChI is InChI=1S/C16H16F2N4O/c17-11-6-7-13(12(18)8-11)19-16(23)20-15-9-14(21-22-15)10-4-2-1-3-5-10/h1-8,14-15,21-22H,9H2,(H2,19,20,23). The molecule has 2 aromatic rings. The van der Waals surface area contributed by atoms with Gasteiger partial charge in [0.15, 0.2) is 0 Å². The zero-order valence-corrected chi connectivity index (χ0v) is 12.1. The summed E-state index contributed by atoms with van der Waals surface area (Å²) >= 11 is 0. The second-order valence-electron chi connectivity index (χ2n) is 5.26. The highest BCUT2D eigenvalue weighted by atomic mass is 19.1. The van der Waals surface area contributed by atoms with E-state index in [1.54, 1.807) is 0 Å². The molecule has 2 aromatic carbocycles. The van der Waals surface area contributed by atoms with Crippen molar-refractivity contribution in [3.8, 4) is 0 Å². The highest BCUT2D eigenvalue weighted by Gasteiger charge is 2.26. The number of rotatable bonds is 3. The lowest BCUT2D eigenvalue weighted by Gasteiger charge is -2.13. The van der Waals surface area contributed by atoms with Crippen LogP contribution in [-0.4, -0.2) is 12.2 Å². The summed E-state index contributed by atoms with van der Waals surface area (Å²) in [6.45, 7) is 0. The zero-order chi connectivity index (χ0) is 16.2. The summed E-state index contributed by atoms with van der Waals surface area (Å²) < 4.78 is 26.3. The molecule has 0 aliphatic carbocycles. The molecule has 2 atom stereocenters. The quantitative estimate of drug-likeness (QED) is 0.703. The summed E-state index contributed by atoms with van der Waals surface area (Å²) in [5, 5.41) is 5.04. The summed E-state index contributed by atoms with van der Waals surface area (Å²) in [5.41, 5.74) is 7.10. The molecule has 120 valence electrons. The van der Waals surface area contributed by atoms with Gasteiger partial charge < -0.3 is 10.6 Å². The Kier molecular flexibility index (Phi) is 4.50. The molecule has 0 bridgehead atoms. The van der Waals surface area contributed by atoms with Gasteiger partial charge in [0, 0.05) is 18.5 Å². The van der Waals surface area contributed by atoms with Gasteiger partial charge in [0.2, 0.25) is 0 Å². The van der Waals surface area contributed by atoms with Crippen LogP contribution in [-0.2, 0) is 0 Å². The third-order valence-corrected chi connectivity index (χ3v) is 3.59.